The second-order valence-electron chi connectivity index (χ2n) is 4.13. The molecule has 1 aliphatic heterocycles. The maximum absolute atomic E-state index is 11.9. The van der Waals surface area contributed by atoms with Gasteiger partial charge in [0, 0.05) is 12.1 Å². The lowest BCUT2D eigenvalue weighted by Crippen LogP contribution is -2.46. The zero-order chi connectivity index (χ0) is 11.6. The molecule has 0 aromatic carbocycles. The molecule has 1 fully saturated rings. The Kier molecular flexibility index (Phi) is 5.40. The van der Waals surface area contributed by atoms with Gasteiger partial charge in [0.2, 0.25) is 10.0 Å². The molecule has 1 aliphatic rings. The monoisotopic (exact) mass is 296 g/mol. The van der Waals surface area contributed by atoms with Crippen LogP contribution in [0.15, 0.2) is 21.7 Å². The minimum atomic E-state index is -3.30. The zero-order valence-corrected chi connectivity index (χ0v) is 12.0. The Morgan fingerprint density at radius 1 is 1.53 bits per heavy atom. The Labute approximate surface area is 112 Å². The molecule has 2 unspecified atom stereocenters. The van der Waals surface area contributed by atoms with Crippen molar-refractivity contribution in [1.82, 2.24) is 10.0 Å². The van der Waals surface area contributed by atoms with Gasteiger partial charge in [0.25, 0.3) is 0 Å². The quantitative estimate of drug-likeness (QED) is 0.890. The third kappa shape index (κ3) is 3.93. The minimum absolute atomic E-state index is 0. The number of thiophene rings is 1. The van der Waals surface area contributed by atoms with E-state index in [0.29, 0.717) is 10.3 Å². The lowest BCUT2D eigenvalue weighted by Gasteiger charge is -2.28. The summed E-state index contributed by atoms with van der Waals surface area (Å²) in [5.74, 6) is 0. The predicted octanol–water partition coefficient (Wildman–Crippen LogP) is 1.59. The van der Waals surface area contributed by atoms with Crippen LogP contribution >= 0.6 is 23.7 Å². The van der Waals surface area contributed by atoms with Gasteiger partial charge in [0.05, 0.1) is 0 Å². The van der Waals surface area contributed by atoms with Gasteiger partial charge in [-0.1, -0.05) is 6.07 Å². The van der Waals surface area contributed by atoms with Crippen LogP contribution in [0.2, 0.25) is 0 Å². The zero-order valence-electron chi connectivity index (χ0n) is 9.55. The topological polar surface area (TPSA) is 58.2 Å². The summed E-state index contributed by atoms with van der Waals surface area (Å²) < 4.78 is 27.1. The summed E-state index contributed by atoms with van der Waals surface area (Å²) in [5, 5.41) is 5.08. The van der Waals surface area contributed by atoms with E-state index in [0.717, 1.165) is 19.4 Å². The molecule has 1 saturated heterocycles. The highest BCUT2D eigenvalue weighted by Gasteiger charge is 2.24. The molecule has 0 amide bonds. The van der Waals surface area contributed by atoms with Crippen LogP contribution in [0.1, 0.15) is 19.8 Å². The molecule has 2 atom stereocenters. The van der Waals surface area contributed by atoms with Crippen molar-refractivity contribution in [3.05, 3.63) is 17.5 Å². The summed E-state index contributed by atoms with van der Waals surface area (Å²) in [6.45, 7) is 2.95. The maximum atomic E-state index is 11.9. The van der Waals surface area contributed by atoms with Crippen molar-refractivity contribution in [3.63, 3.8) is 0 Å². The average molecular weight is 297 g/mol. The van der Waals surface area contributed by atoms with Crippen molar-refractivity contribution in [1.29, 1.82) is 0 Å². The number of hydrogen-bond acceptors (Lipinski definition) is 4. The first-order valence-electron chi connectivity index (χ1n) is 5.37. The highest BCUT2D eigenvalue weighted by Crippen LogP contribution is 2.18. The van der Waals surface area contributed by atoms with E-state index in [1.165, 1.54) is 11.3 Å². The molecule has 0 radical (unpaired) electrons. The average Bonchev–Trinajstić information content (AvgIpc) is 2.69. The van der Waals surface area contributed by atoms with Gasteiger partial charge in [0.1, 0.15) is 4.21 Å². The van der Waals surface area contributed by atoms with Crippen molar-refractivity contribution in [2.75, 3.05) is 6.54 Å². The van der Waals surface area contributed by atoms with Gasteiger partial charge in [0.15, 0.2) is 0 Å². The molecular formula is C10H17ClN2O2S2. The maximum Gasteiger partial charge on any atom is 0.250 e. The number of sulfonamides is 1. The van der Waals surface area contributed by atoms with Crippen molar-refractivity contribution in [2.24, 2.45) is 0 Å². The Bertz CT molecular complexity index is 433. The molecule has 7 heteroatoms. The van der Waals surface area contributed by atoms with E-state index in [2.05, 4.69) is 17.0 Å². The standard InChI is InChI=1S/C10H16N2O2S2.ClH/c1-8-7-9(4-5-11-8)12-16(13,14)10-3-2-6-15-10;/h2-3,6,8-9,11-12H,4-5,7H2,1H3;1H. The van der Waals surface area contributed by atoms with Gasteiger partial charge in [-0.05, 0) is 37.8 Å². The number of piperidine rings is 1. The van der Waals surface area contributed by atoms with Crippen LogP contribution in [-0.2, 0) is 10.0 Å². The van der Waals surface area contributed by atoms with Gasteiger partial charge < -0.3 is 5.32 Å². The van der Waals surface area contributed by atoms with E-state index < -0.39 is 10.0 Å². The summed E-state index contributed by atoms with van der Waals surface area (Å²) in [4.78, 5) is 0. The second-order valence-corrected chi connectivity index (χ2v) is 7.02. The van der Waals surface area contributed by atoms with Crippen molar-refractivity contribution in [3.8, 4) is 0 Å². The fourth-order valence-electron chi connectivity index (χ4n) is 1.93. The van der Waals surface area contributed by atoms with Gasteiger partial charge in [-0.2, -0.15) is 0 Å². The van der Waals surface area contributed by atoms with E-state index in [9.17, 15) is 8.42 Å². The summed E-state index contributed by atoms with van der Waals surface area (Å²) in [6, 6.07) is 3.83. The van der Waals surface area contributed by atoms with E-state index >= 15 is 0 Å². The van der Waals surface area contributed by atoms with E-state index in [4.69, 9.17) is 0 Å². The molecule has 4 nitrogen and oxygen atoms in total. The Morgan fingerprint density at radius 3 is 2.88 bits per heavy atom. The van der Waals surface area contributed by atoms with Crippen LogP contribution in [-0.4, -0.2) is 27.0 Å². The summed E-state index contributed by atoms with van der Waals surface area (Å²) in [7, 11) is -3.30. The molecule has 98 valence electrons. The number of hydrogen-bond donors (Lipinski definition) is 2. The highest BCUT2D eigenvalue weighted by atomic mass is 35.5. The van der Waals surface area contributed by atoms with E-state index in [1.54, 1.807) is 17.5 Å². The molecule has 0 spiro atoms. The summed E-state index contributed by atoms with van der Waals surface area (Å²) in [5.41, 5.74) is 0. The van der Waals surface area contributed by atoms with Crippen LogP contribution < -0.4 is 10.0 Å². The van der Waals surface area contributed by atoms with Crippen LogP contribution in [0.4, 0.5) is 0 Å². The molecular weight excluding hydrogens is 280 g/mol. The molecule has 2 rings (SSSR count). The Hall–Kier alpha value is -0.140. The van der Waals surface area contributed by atoms with Crippen LogP contribution in [0, 0.1) is 0 Å². The van der Waals surface area contributed by atoms with Crippen LogP contribution in [0.5, 0.6) is 0 Å². The minimum Gasteiger partial charge on any atom is -0.314 e. The molecule has 2 N–H and O–H groups in total. The first-order chi connectivity index (χ1) is 7.58. The van der Waals surface area contributed by atoms with E-state index in [-0.39, 0.29) is 18.4 Å². The van der Waals surface area contributed by atoms with E-state index in [1.807, 2.05) is 0 Å². The highest BCUT2D eigenvalue weighted by molar-refractivity contribution is 7.91. The largest absolute Gasteiger partial charge is 0.314 e. The fourth-order valence-corrected chi connectivity index (χ4v) is 4.23. The van der Waals surface area contributed by atoms with Gasteiger partial charge in [-0.15, -0.1) is 23.7 Å². The SMILES string of the molecule is CC1CC(NS(=O)(=O)c2cccs2)CCN1.Cl. The third-order valence-corrected chi connectivity index (χ3v) is 5.62. The number of nitrogens with one attached hydrogen (secondary N) is 2. The smallest absolute Gasteiger partial charge is 0.250 e. The van der Waals surface area contributed by atoms with Crippen molar-refractivity contribution in [2.45, 2.75) is 36.1 Å². The Morgan fingerprint density at radius 2 is 2.29 bits per heavy atom. The van der Waals surface area contributed by atoms with Gasteiger partial charge >= 0.3 is 0 Å². The molecule has 0 bridgehead atoms. The first-order valence-corrected chi connectivity index (χ1v) is 7.73. The lowest BCUT2D eigenvalue weighted by molar-refractivity contribution is 0.361. The summed E-state index contributed by atoms with van der Waals surface area (Å²) >= 11 is 1.25. The third-order valence-electron chi connectivity index (χ3n) is 2.71. The molecule has 17 heavy (non-hydrogen) atoms. The summed E-state index contributed by atoms with van der Waals surface area (Å²) in [6.07, 6.45) is 1.71. The number of rotatable bonds is 3. The van der Waals surface area contributed by atoms with Gasteiger partial charge in [-0.3, -0.25) is 0 Å². The van der Waals surface area contributed by atoms with Crippen LogP contribution in [0.25, 0.3) is 0 Å². The molecule has 1 aromatic heterocycles. The molecule has 0 aliphatic carbocycles. The van der Waals surface area contributed by atoms with Crippen molar-refractivity contribution < 1.29 is 8.42 Å². The normalized spacial score (nSPS) is 25.2. The number of halogens is 1. The second kappa shape index (κ2) is 6.15. The predicted molar refractivity (Wildman–Crippen MR) is 72.4 cm³/mol. The van der Waals surface area contributed by atoms with Crippen molar-refractivity contribution >= 4 is 33.8 Å². The first kappa shape index (κ1) is 14.9. The molecule has 0 saturated carbocycles. The van der Waals surface area contributed by atoms with Gasteiger partial charge in [-0.25, -0.2) is 13.1 Å². The lowest BCUT2D eigenvalue weighted by atomic mass is 10.0. The molecule has 1 aromatic rings. The Balaban J connectivity index is 0.00000144. The fraction of sp³-hybridized carbons (Fsp3) is 0.600. The molecule has 2 heterocycles. The van der Waals surface area contributed by atoms with Crippen LogP contribution in [0.3, 0.4) is 0 Å².